The number of carbonyl (C=O) groups is 2. The lowest BCUT2D eigenvalue weighted by Crippen LogP contribution is -2.71. The number of piperazine rings is 1. The van der Waals surface area contributed by atoms with Crippen LogP contribution >= 0.6 is 0 Å². The van der Waals surface area contributed by atoms with Crippen molar-refractivity contribution in [1.82, 2.24) is 10.2 Å². The molecule has 120 valence electrons. The zero-order chi connectivity index (χ0) is 15.8. The smallest absolute Gasteiger partial charge is 0.249 e. The van der Waals surface area contributed by atoms with Crippen molar-refractivity contribution in [1.29, 1.82) is 0 Å². The van der Waals surface area contributed by atoms with E-state index < -0.39 is 22.4 Å². The normalized spacial score (nSPS) is 31.5. The Morgan fingerprint density at radius 2 is 2.00 bits per heavy atom. The second-order valence-corrected chi connectivity index (χ2v) is 8.34. The molecule has 3 unspecified atom stereocenters. The Bertz CT molecular complexity index is 462. The molecule has 21 heavy (non-hydrogen) atoms. The fourth-order valence-corrected chi connectivity index (χ4v) is 3.76. The van der Waals surface area contributed by atoms with E-state index >= 15 is 0 Å². The Labute approximate surface area is 129 Å². The molecule has 1 saturated heterocycles. The van der Waals surface area contributed by atoms with Crippen LogP contribution in [0.5, 0.6) is 0 Å². The minimum absolute atomic E-state index is 0.0326. The minimum atomic E-state index is -0.866. The van der Waals surface area contributed by atoms with E-state index in [0.717, 1.165) is 12.8 Å². The van der Waals surface area contributed by atoms with Crippen LogP contribution in [-0.4, -0.2) is 51.1 Å². The van der Waals surface area contributed by atoms with E-state index in [1.54, 1.807) is 11.2 Å². The molecule has 0 radical (unpaired) electrons. The van der Waals surface area contributed by atoms with E-state index in [-0.39, 0.29) is 23.7 Å². The molecular formula is C15H26N2O3S. The van der Waals surface area contributed by atoms with Gasteiger partial charge >= 0.3 is 0 Å². The predicted octanol–water partition coefficient (Wildman–Crippen LogP) is 0.907. The fourth-order valence-electron chi connectivity index (χ4n) is 3.23. The van der Waals surface area contributed by atoms with Gasteiger partial charge < -0.3 is 10.2 Å². The molecule has 1 aliphatic carbocycles. The third kappa shape index (κ3) is 3.30. The molecule has 0 bridgehead atoms. The number of amides is 2. The number of rotatable bonds is 6. The maximum absolute atomic E-state index is 12.9. The van der Waals surface area contributed by atoms with Gasteiger partial charge in [0.05, 0.1) is 0 Å². The maximum Gasteiger partial charge on any atom is 0.249 e. The van der Waals surface area contributed by atoms with Crippen LogP contribution in [0, 0.1) is 11.8 Å². The van der Waals surface area contributed by atoms with Gasteiger partial charge in [-0.15, -0.1) is 0 Å². The lowest BCUT2D eigenvalue weighted by molar-refractivity contribution is -0.157. The Morgan fingerprint density at radius 3 is 2.48 bits per heavy atom. The molecule has 0 aromatic heterocycles. The van der Waals surface area contributed by atoms with Crippen molar-refractivity contribution in [3.63, 3.8) is 0 Å². The van der Waals surface area contributed by atoms with Crippen molar-refractivity contribution in [2.24, 2.45) is 11.8 Å². The summed E-state index contributed by atoms with van der Waals surface area (Å²) in [6, 6.07) is -0.408. The molecular weight excluding hydrogens is 288 g/mol. The molecule has 1 saturated carbocycles. The van der Waals surface area contributed by atoms with Gasteiger partial charge in [0.1, 0.15) is 11.6 Å². The Balaban J connectivity index is 2.18. The van der Waals surface area contributed by atoms with E-state index in [0.29, 0.717) is 18.7 Å². The molecule has 6 heteroatoms. The summed E-state index contributed by atoms with van der Waals surface area (Å²) < 4.78 is 11.2. The summed E-state index contributed by atoms with van der Waals surface area (Å²) in [5, 5.41) is 2.97. The van der Waals surface area contributed by atoms with Crippen LogP contribution in [0.3, 0.4) is 0 Å². The molecule has 1 heterocycles. The molecule has 1 N–H and O–H groups in total. The molecule has 2 aliphatic rings. The van der Waals surface area contributed by atoms with Crippen LogP contribution in [-0.2, 0) is 20.4 Å². The van der Waals surface area contributed by atoms with E-state index in [1.807, 2.05) is 20.8 Å². The van der Waals surface area contributed by atoms with Crippen molar-refractivity contribution in [2.45, 2.75) is 51.6 Å². The van der Waals surface area contributed by atoms with Crippen molar-refractivity contribution in [2.75, 3.05) is 18.6 Å². The lowest BCUT2D eigenvalue weighted by atomic mass is 9.86. The standard InChI is InChI=1S/C15H26N2O3S/c1-10(2)12-13(18)16-15(3,11-6-7-11)14(19)17(12)8-5-9-21(4)20/h10-12H,5-9H2,1-4H3,(H,16,18). The van der Waals surface area contributed by atoms with E-state index in [2.05, 4.69) is 5.32 Å². The van der Waals surface area contributed by atoms with Gasteiger partial charge in [-0.1, -0.05) is 13.8 Å². The third-order valence-corrected chi connectivity index (χ3v) is 5.41. The quantitative estimate of drug-likeness (QED) is 0.792. The van der Waals surface area contributed by atoms with E-state index in [9.17, 15) is 13.8 Å². The van der Waals surface area contributed by atoms with E-state index in [4.69, 9.17) is 0 Å². The predicted molar refractivity (Wildman–Crippen MR) is 83.2 cm³/mol. The van der Waals surface area contributed by atoms with Crippen molar-refractivity contribution in [3.05, 3.63) is 0 Å². The second-order valence-electron chi connectivity index (χ2n) is 6.78. The fraction of sp³-hybridized carbons (Fsp3) is 0.867. The number of nitrogens with one attached hydrogen (secondary N) is 1. The first-order chi connectivity index (χ1) is 9.77. The van der Waals surface area contributed by atoms with Gasteiger partial charge in [-0.25, -0.2) is 0 Å². The average molecular weight is 314 g/mol. The first kappa shape index (κ1) is 16.5. The average Bonchev–Trinajstić information content (AvgIpc) is 3.18. The summed E-state index contributed by atoms with van der Waals surface area (Å²) in [6.45, 7) is 6.29. The summed E-state index contributed by atoms with van der Waals surface area (Å²) in [5.74, 6) is 0.896. The summed E-state index contributed by atoms with van der Waals surface area (Å²) >= 11 is 0. The molecule has 2 rings (SSSR count). The monoisotopic (exact) mass is 314 g/mol. The van der Waals surface area contributed by atoms with Gasteiger partial charge in [-0.05, 0) is 38.0 Å². The lowest BCUT2D eigenvalue weighted by Gasteiger charge is -2.46. The highest BCUT2D eigenvalue weighted by Gasteiger charge is 2.55. The molecule has 5 nitrogen and oxygen atoms in total. The molecule has 0 spiro atoms. The number of carbonyl (C=O) groups excluding carboxylic acids is 2. The number of hydrogen-bond donors (Lipinski definition) is 1. The number of hydrogen-bond acceptors (Lipinski definition) is 3. The van der Waals surface area contributed by atoms with Crippen LogP contribution < -0.4 is 5.32 Å². The van der Waals surface area contributed by atoms with Gasteiger partial charge in [0, 0.05) is 29.4 Å². The Kier molecular flexibility index (Phi) is 4.76. The molecule has 2 amide bonds. The molecule has 1 aliphatic heterocycles. The van der Waals surface area contributed by atoms with Gasteiger partial charge in [0.25, 0.3) is 0 Å². The van der Waals surface area contributed by atoms with Gasteiger partial charge in [-0.3, -0.25) is 13.8 Å². The largest absolute Gasteiger partial charge is 0.340 e. The number of nitrogens with zero attached hydrogens (tertiary/aromatic N) is 1. The van der Waals surface area contributed by atoms with Crippen molar-refractivity contribution >= 4 is 22.6 Å². The molecule has 2 fully saturated rings. The van der Waals surface area contributed by atoms with Crippen LogP contribution in [0.25, 0.3) is 0 Å². The SMILES string of the molecule is CC(C)C1C(=O)NC(C)(C2CC2)C(=O)N1CCCS(C)=O. The van der Waals surface area contributed by atoms with Crippen LogP contribution in [0.1, 0.15) is 40.0 Å². The summed E-state index contributed by atoms with van der Waals surface area (Å²) in [5.41, 5.74) is -0.742. The van der Waals surface area contributed by atoms with E-state index in [1.165, 1.54) is 0 Å². The highest BCUT2D eigenvalue weighted by atomic mass is 32.2. The topological polar surface area (TPSA) is 66.5 Å². The molecule has 0 aromatic carbocycles. The zero-order valence-electron chi connectivity index (χ0n) is 13.3. The maximum atomic E-state index is 12.9. The zero-order valence-corrected chi connectivity index (χ0v) is 14.2. The van der Waals surface area contributed by atoms with Crippen LogP contribution in [0.2, 0.25) is 0 Å². The first-order valence-corrected chi connectivity index (χ1v) is 9.43. The first-order valence-electron chi connectivity index (χ1n) is 7.70. The highest BCUT2D eigenvalue weighted by Crippen LogP contribution is 2.42. The van der Waals surface area contributed by atoms with Gasteiger partial charge in [-0.2, -0.15) is 0 Å². The summed E-state index contributed by atoms with van der Waals surface area (Å²) in [6.07, 6.45) is 4.34. The molecule has 3 atom stereocenters. The molecule has 0 aromatic rings. The van der Waals surface area contributed by atoms with Crippen LogP contribution in [0.4, 0.5) is 0 Å². The summed E-state index contributed by atoms with van der Waals surface area (Å²) in [7, 11) is -0.866. The van der Waals surface area contributed by atoms with Gasteiger partial charge in [0.2, 0.25) is 11.8 Å². The van der Waals surface area contributed by atoms with Crippen LogP contribution in [0.15, 0.2) is 0 Å². The van der Waals surface area contributed by atoms with Gasteiger partial charge in [0.15, 0.2) is 0 Å². The van der Waals surface area contributed by atoms with Crippen molar-refractivity contribution < 1.29 is 13.8 Å². The second kappa shape index (κ2) is 6.07. The minimum Gasteiger partial charge on any atom is -0.340 e. The summed E-state index contributed by atoms with van der Waals surface area (Å²) in [4.78, 5) is 27.1. The van der Waals surface area contributed by atoms with Crippen molar-refractivity contribution in [3.8, 4) is 0 Å². The Morgan fingerprint density at radius 1 is 1.38 bits per heavy atom. The highest BCUT2D eigenvalue weighted by molar-refractivity contribution is 7.84. The Hall–Kier alpha value is -0.910. The third-order valence-electron chi connectivity index (χ3n) is 4.55.